The van der Waals surface area contributed by atoms with E-state index in [0.29, 0.717) is 22.3 Å². The number of benzene rings is 1. The summed E-state index contributed by atoms with van der Waals surface area (Å²) in [6.45, 7) is 0.253. The second-order valence-electron chi connectivity index (χ2n) is 5.81. The van der Waals surface area contributed by atoms with Crippen molar-refractivity contribution in [1.82, 2.24) is 20.1 Å². The number of halogens is 1. The van der Waals surface area contributed by atoms with Crippen molar-refractivity contribution in [3.05, 3.63) is 35.4 Å². The van der Waals surface area contributed by atoms with Gasteiger partial charge in [0.1, 0.15) is 12.1 Å². The van der Waals surface area contributed by atoms with E-state index in [1.165, 1.54) is 12.8 Å². The Kier molecular flexibility index (Phi) is 5.20. The number of ether oxygens (including phenoxy) is 1. The van der Waals surface area contributed by atoms with E-state index in [9.17, 15) is 4.79 Å². The average molecular weight is 350 g/mol. The van der Waals surface area contributed by atoms with Crippen molar-refractivity contribution in [3.63, 3.8) is 0 Å². The van der Waals surface area contributed by atoms with Crippen molar-refractivity contribution in [2.45, 2.75) is 38.3 Å². The van der Waals surface area contributed by atoms with E-state index < -0.39 is 0 Å². The van der Waals surface area contributed by atoms with Gasteiger partial charge in [0.2, 0.25) is 0 Å². The summed E-state index contributed by atoms with van der Waals surface area (Å²) in [5.74, 6) is 1.21. The molecule has 3 rings (SSSR count). The lowest BCUT2D eigenvalue weighted by Gasteiger charge is -2.15. The third kappa shape index (κ3) is 4.38. The Morgan fingerprint density at radius 2 is 2.21 bits per heavy atom. The van der Waals surface area contributed by atoms with Crippen LogP contribution in [0.25, 0.3) is 0 Å². The molecular formula is C16H20ClN5O2. The molecule has 0 radical (unpaired) electrons. The van der Waals surface area contributed by atoms with E-state index in [2.05, 4.69) is 20.7 Å². The summed E-state index contributed by atoms with van der Waals surface area (Å²) in [5, 5.41) is 10.0. The molecule has 0 atom stereocenters. The second-order valence-corrected chi connectivity index (χ2v) is 6.22. The summed E-state index contributed by atoms with van der Waals surface area (Å²) in [4.78, 5) is 15.9. The number of carbonyl (C=O) groups is 1. The van der Waals surface area contributed by atoms with Crippen molar-refractivity contribution in [3.8, 4) is 5.75 Å². The first kappa shape index (κ1) is 16.6. The Labute approximate surface area is 145 Å². The zero-order valence-corrected chi connectivity index (χ0v) is 14.2. The highest BCUT2D eigenvalue weighted by Gasteiger charge is 2.18. The van der Waals surface area contributed by atoms with Crippen molar-refractivity contribution < 1.29 is 9.53 Å². The second kappa shape index (κ2) is 7.53. The highest BCUT2D eigenvalue weighted by molar-refractivity contribution is 6.32. The monoisotopic (exact) mass is 349 g/mol. The maximum Gasteiger partial charge on any atom is 0.319 e. The van der Waals surface area contributed by atoms with Gasteiger partial charge in [-0.2, -0.15) is 5.10 Å². The molecule has 0 saturated heterocycles. The normalized spacial score (nSPS) is 14.6. The predicted octanol–water partition coefficient (Wildman–Crippen LogP) is 3.11. The minimum atomic E-state index is -0.344. The fourth-order valence-corrected chi connectivity index (χ4v) is 2.88. The number of aromatic nitrogens is 3. The quantitative estimate of drug-likeness (QED) is 0.869. The number of rotatable bonds is 5. The van der Waals surface area contributed by atoms with Gasteiger partial charge in [-0.25, -0.2) is 9.78 Å². The van der Waals surface area contributed by atoms with Gasteiger partial charge in [0.05, 0.1) is 17.7 Å². The highest BCUT2D eigenvalue weighted by Crippen LogP contribution is 2.31. The van der Waals surface area contributed by atoms with Crippen LogP contribution in [0.5, 0.6) is 5.75 Å². The van der Waals surface area contributed by atoms with Crippen LogP contribution in [0.1, 0.15) is 31.5 Å². The van der Waals surface area contributed by atoms with Crippen LogP contribution in [0.3, 0.4) is 0 Å². The summed E-state index contributed by atoms with van der Waals surface area (Å²) >= 11 is 6.25. The molecule has 0 bridgehead atoms. The Morgan fingerprint density at radius 3 is 2.88 bits per heavy atom. The molecule has 1 fully saturated rings. The first-order valence-electron chi connectivity index (χ1n) is 7.96. The van der Waals surface area contributed by atoms with Gasteiger partial charge in [0, 0.05) is 12.7 Å². The summed E-state index contributed by atoms with van der Waals surface area (Å²) in [6, 6.07) is 4.90. The van der Waals surface area contributed by atoms with E-state index >= 15 is 0 Å². The molecule has 2 aromatic rings. The van der Waals surface area contributed by atoms with Gasteiger partial charge in [-0.15, -0.1) is 0 Å². The molecule has 1 heterocycles. The maximum atomic E-state index is 11.9. The summed E-state index contributed by atoms with van der Waals surface area (Å²) in [5.41, 5.74) is 0.602. The van der Waals surface area contributed by atoms with E-state index in [1.807, 2.05) is 0 Å². The molecule has 24 heavy (non-hydrogen) atoms. The SMILES string of the molecule is Cn1cnc(CNC(=O)Nc2ccc(OC3CCCC3)c(Cl)c2)n1. The minimum Gasteiger partial charge on any atom is -0.489 e. The lowest BCUT2D eigenvalue weighted by Crippen LogP contribution is -2.28. The highest BCUT2D eigenvalue weighted by atomic mass is 35.5. The molecule has 2 N–H and O–H groups in total. The number of nitrogens with zero attached hydrogens (tertiary/aromatic N) is 3. The van der Waals surface area contributed by atoms with Gasteiger partial charge in [0.25, 0.3) is 0 Å². The van der Waals surface area contributed by atoms with Gasteiger partial charge in [-0.1, -0.05) is 11.6 Å². The topological polar surface area (TPSA) is 81.1 Å². The molecule has 128 valence electrons. The number of aryl methyl sites for hydroxylation is 1. The fraction of sp³-hybridized carbons (Fsp3) is 0.438. The van der Waals surface area contributed by atoms with Gasteiger partial charge < -0.3 is 15.4 Å². The van der Waals surface area contributed by atoms with Gasteiger partial charge in [-0.05, 0) is 43.9 Å². The van der Waals surface area contributed by atoms with Crippen LogP contribution in [0.4, 0.5) is 10.5 Å². The molecule has 1 saturated carbocycles. The Bertz CT molecular complexity index is 712. The fourth-order valence-electron chi connectivity index (χ4n) is 2.66. The van der Waals surface area contributed by atoms with Crippen molar-refractivity contribution >= 4 is 23.3 Å². The smallest absolute Gasteiger partial charge is 0.319 e. The van der Waals surface area contributed by atoms with Crippen LogP contribution >= 0.6 is 11.6 Å². The summed E-state index contributed by atoms with van der Waals surface area (Å²) < 4.78 is 7.48. The van der Waals surface area contributed by atoms with Crippen LogP contribution in [-0.2, 0) is 13.6 Å². The Morgan fingerprint density at radius 1 is 1.42 bits per heavy atom. The number of hydrogen-bond acceptors (Lipinski definition) is 4. The summed E-state index contributed by atoms with van der Waals surface area (Å²) in [6.07, 6.45) is 6.37. The van der Waals surface area contributed by atoms with Crippen molar-refractivity contribution in [2.24, 2.45) is 7.05 Å². The number of hydrogen-bond donors (Lipinski definition) is 2. The Hall–Kier alpha value is -2.28. The molecule has 1 aliphatic carbocycles. The number of anilines is 1. The van der Waals surface area contributed by atoms with Crippen LogP contribution < -0.4 is 15.4 Å². The third-order valence-corrected chi connectivity index (χ3v) is 4.14. The maximum absolute atomic E-state index is 11.9. The van der Waals surface area contributed by atoms with E-state index in [1.54, 1.807) is 36.3 Å². The largest absolute Gasteiger partial charge is 0.489 e. The van der Waals surface area contributed by atoms with Crippen molar-refractivity contribution in [2.75, 3.05) is 5.32 Å². The lowest BCUT2D eigenvalue weighted by atomic mass is 10.2. The van der Waals surface area contributed by atoms with Crippen molar-refractivity contribution in [1.29, 1.82) is 0 Å². The standard InChI is InChI=1S/C16H20ClN5O2/c1-22-10-19-15(21-22)9-18-16(23)20-11-6-7-14(13(17)8-11)24-12-4-2-3-5-12/h6-8,10,12H,2-5,9H2,1H3,(H2,18,20,23). The third-order valence-electron chi connectivity index (χ3n) is 3.84. The number of nitrogens with one attached hydrogen (secondary N) is 2. The van der Waals surface area contributed by atoms with E-state index in [-0.39, 0.29) is 18.7 Å². The number of amides is 2. The zero-order chi connectivity index (χ0) is 16.9. The molecule has 1 aromatic carbocycles. The van der Waals surface area contributed by atoms with E-state index in [0.717, 1.165) is 12.8 Å². The first-order valence-corrected chi connectivity index (χ1v) is 8.33. The molecule has 0 spiro atoms. The molecule has 2 amide bonds. The molecule has 1 aromatic heterocycles. The molecule has 0 unspecified atom stereocenters. The molecule has 0 aliphatic heterocycles. The summed E-state index contributed by atoms with van der Waals surface area (Å²) in [7, 11) is 1.77. The van der Waals surface area contributed by atoms with Gasteiger partial charge in [0.15, 0.2) is 5.82 Å². The Balaban J connectivity index is 1.52. The van der Waals surface area contributed by atoms with Crippen LogP contribution in [-0.4, -0.2) is 26.9 Å². The van der Waals surface area contributed by atoms with Gasteiger partial charge >= 0.3 is 6.03 Å². The number of urea groups is 1. The zero-order valence-electron chi connectivity index (χ0n) is 13.5. The number of carbonyl (C=O) groups excluding carboxylic acids is 1. The van der Waals surface area contributed by atoms with Crippen LogP contribution in [0, 0.1) is 0 Å². The minimum absolute atomic E-state index is 0.246. The molecule has 8 heteroatoms. The molecule has 7 nitrogen and oxygen atoms in total. The van der Waals surface area contributed by atoms with Crippen LogP contribution in [0.2, 0.25) is 5.02 Å². The lowest BCUT2D eigenvalue weighted by molar-refractivity contribution is 0.210. The molecular weight excluding hydrogens is 330 g/mol. The van der Waals surface area contributed by atoms with Crippen LogP contribution in [0.15, 0.2) is 24.5 Å². The van der Waals surface area contributed by atoms with E-state index in [4.69, 9.17) is 16.3 Å². The molecule has 1 aliphatic rings. The van der Waals surface area contributed by atoms with Gasteiger partial charge in [-0.3, -0.25) is 4.68 Å². The first-order chi connectivity index (χ1) is 11.6. The average Bonchev–Trinajstić information content (AvgIpc) is 3.20. The predicted molar refractivity (Wildman–Crippen MR) is 91.2 cm³/mol.